The highest BCUT2D eigenvalue weighted by Gasteiger charge is 2.33. The van der Waals surface area contributed by atoms with Crippen molar-refractivity contribution < 1.29 is 8.98 Å². The van der Waals surface area contributed by atoms with Gasteiger partial charge in [0.15, 0.2) is 16.6 Å². The SMILES string of the molecule is Cc1ccc2c(oc3ccccc32)c1-c1n(-c2c(C(C)C)cccc2C(C)C)c2ccccc2[n+]1C. The van der Waals surface area contributed by atoms with Gasteiger partial charge in [0.2, 0.25) is 0 Å². The Balaban J connectivity index is 1.84. The van der Waals surface area contributed by atoms with Gasteiger partial charge in [0.25, 0.3) is 5.82 Å². The molecule has 4 aromatic carbocycles. The highest BCUT2D eigenvalue weighted by molar-refractivity contribution is 6.09. The van der Waals surface area contributed by atoms with Gasteiger partial charge in [-0.3, -0.25) is 0 Å². The lowest BCUT2D eigenvalue weighted by molar-refractivity contribution is -0.633. The molecule has 6 aromatic rings. The van der Waals surface area contributed by atoms with Crippen molar-refractivity contribution in [2.24, 2.45) is 7.05 Å². The van der Waals surface area contributed by atoms with Crippen molar-refractivity contribution in [1.29, 1.82) is 0 Å². The fraction of sp³-hybridized carbons (Fsp3) is 0.242. The Bertz CT molecular complexity index is 1740. The number of hydrogen-bond donors (Lipinski definition) is 0. The summed E-state index contributed by atoms with van der Waals surface area (Å²) >= 11 is 0. The molecule has 0 saturated heterocycles. The van der Waals surface area contributed by atoms with Crippen molar-refractivity contribution in [2.75, 3.05) is 0 Å². The molecule has 0 aliphatic rings. The summed E-state index contributed by atoms with van der Waals surface area (Å²) < 4.78 is 11.4. The van der Waals surface area contributed by atoms with Crippen LogP contribution in [-0.4, -0.2) is 4.57 Å². The van der Waals surface area contributed by atoms with Crippen molar-refractivity contribution in [3.8, 4) is 17.1 Å². The Labute approximate surface area is 212 Å². The van der Waals surface area contributed by atoms with Crippen LogP contribution in [-0.2, 0) is 7.05 Å². The highest BCUT2D eigenvalue weighted by atomic mass is 16.3. The molecule has 0 spiro atoms. The Kier molecular flexibility index (Phi) is 5.26. The molecule has 2 aromatic heterocycles. The van der Waals surface area contributed by atoms with Gasteiger partial charge in [-0.15, -0.1) is 0 Å². The fourth-order valence-electron chi connectivity index (χ4n) is 5.76. The molecule has 6 rings (SSSR count). The molecular weight excluding hydrogens is 440 g/mol. The van der Waals surface area contributed by atoms with E-state index in [2.05, 4.69) is 124 Å². The maximum absolute atomic E-state index is 6.59. The van der Waals surface area contributed by atoms with Crippen molar-refractivity contribution in [3.05, 3.63) is 95.6 Å². The number of furan rings is 1. The van der Waals surface area contributed by atoms with Crippen LogP contribution in [0.4, 0.5) is 0 Å². The number of benzene rings is 4. The van der Waals surface area contributed by atoms with Crippen LogP contribution < -0.4 is 4.57 Å². The normalized spacial score (nSPS) is 12.1. The van der Waals surface area contributed by atoms with E-state index in [1.54, 1.807) is 0 Å². The van der Waals surface area contributed by atoms with Crippen LogP contribution >= 0.6 is 0 Å². The van der Waals surface area contributed by atoms with Crippen LogP contribution in [0.5, 0.6) is 0 Å². The third-order valence-electron chi connectivity index (χ3n) is 7.56. The molecule has 0 fully saturated rings. The van der Waals surface area contributed by atoms with Crippen LogP contribution in [0.3, 0.4) is 0 Å². The smallest absolute Gasteiger partial charge is 0.299 e. The van der Waals surface area contributed by atoms with E-state index in [9.17, 15) is 0 Å². The second-order valence-electron chi connectivity index (χ2n) is 10.5. The number of imidazole rings is 1. The standard InChI is InChI=1S/C33H33N2O/c1-20(2)23-13-11-14-24(21(3)4)31(23)35-28-16-9-8-15-27(28)34(6)33(35)30-22(5)18-19-26-25-12-7-10-17-29(25)36-32(26)30/h7-21H,1-6H3/q+1. The van der Waals surface area contributed by atoms with E-state index < -0.39 is 0 Å². The van der Waals surface area contributed by atoms with Crippen LogP contribution in [0.1, 0.15) is 56.2 Å². The number of fused-ring (bicyclic) bond motifs is 4. The van der Waals surface area contributed by atoms with E-state index in [4.69, 9.17) is 4.42 Å². The van der Waals surface area contributed by atoms with Crippen LogP contribution in [0, 0.1) is 6.92 Å². The minimum absolute atomic E-state index is 0.390. The van der Waals surface area contributed by atoms with Gasteiger partial charge in [-0.1, -0.05) is 88.4 Å². The Hall–Kier alpha value is -3.85. The quantitative estimate of drug-likeness (QED) is 0.235. The predicted molar refractivity (Wildman–Crippen MR) is 150 cm³/mol. The molecule has 0 N–H and O–H groups in total. The van der Waals surface area contributed by atoms with Gasteiger partial charge in [-0.05, 0) is 42.5 Å². The molecule has 0 bridgehead atoms. The average Bonchev–Trinajstić information content (AvgIpc) is 3.39. The molecule has 0 aliphatic heterocycles. The third kappa shape index (κ3) is 3.22. The highest BCUT2D eigenvalue weighted by Crippen LogP contribution is 2.41. The van der Waals surface area contributed by atoms with E-state index >= 15 is 0 Å². The van der Waals surface area contributed by atoms with E-state index in [0.29, 0.717) is 11.8 Å². The number of rotatable bonds is 4. The molecule has 0 amide bonds. The van der Waals surface area contributed by atoms with E-state index in [1.807, 2.05) is 6.07 Å². The number of para-hydroxylation sites is 4. The van der Waals surface area contributed by atoms with Crippen molar-refractivity contribution >= 4 is 33.0 Å². The summed E-state index contributed by atoms with van der Waals surface area (Å²) in [7, 11) is 2.18. The lowest BCUT2D eigenvalue weighted by Crippen LogP contribution is -2.30. The van der Waals surface area contributed by atoms with Gasteiger partial charge in [0.05, 0.1) is 7.05 Å². The van der Waals surface area contributed by atoms with Crippen LogP contribution in [0.25, 0.3) is 50.0 Å². The number of aromatic nitrogens is 2. The minimum Gasteiger partial charge on any atom is -0.455 e. The maximum atomic E-state index is 6.59. The molecule has 3 nitrogen and oxygen atoms in total. The van der Waals surface area contributed by atoms with Gasteiger partial charge in [-0.2, -0.15) is 4.57 Å². The van der Waals surface area contributed by atoms with Crippen molar-refractivity contribution in [2.45, 2.75) is 46.5 Å². The minimum atomic E-state index is 0.390. The molecular formula is C33H33N2O+. The zero-order valence-electron chi connectivity index (χ0n) is 22.0. The van der Waals surface area contributed by atoms with Crippen molar-refractivity contribution in [3.63, 3.8) is 0 Å². The summed E-state index contributed by atoms with van der Waals surface area (Å²) in [6, 6.07) is 28.3. The van der Waals surface area contributed by atoms with Crippen LogP contribution in [0.15, 0.2) is 83.3 Å². The summed E-state index contributed by atoms with van der Waals surface area (Å²) in [5.74, 6) is 1.93. The van der Waals surface area contributed by atoms with Gasteiger partial charge < -0.3 is 4.42 Å². The van der Waals surface area contributed by atoms with E-state index in [-0.39, 0.29) is 0 Å². The van der Waals surface area contributed by atoms with E-state index in [0.717, 1.165) is 33.3 Å². The summed E-state index contributed by atoms with van der Waals surface area (Å²) in [4.78, 5) is 0. The average molecular weight is 474 g/mol. The Morgan fingerprint density at radius 1 is 0.722 bits per heavy atom. The Morgan fingerprint density at radius 2 is 1.39 bits per heavy atom. The first-order chi connectivity index (χ1) is 17.4. The molecule has 3 heteroatoms. The maximum Gasteiger partial charge on any atom is 0.299 e. The summed E-state index contributed by atoms with van der Waals surface area (Å²) in [5, 5.41) is 2.31. The number of aryl methyl sites for hydroxylation is 2. The van der Waals surface area contributed by atoms with Gasteiger partial charge in [0, 0.05) is 21.9 Å². The second kappa shape index (κ2) is 8.37. The summed E-state index contributed by atoms with van der Waals surface area (Å²) in [6.07, 6.45) is 0. The zero-order valence-corrected chi connectivity index (χ0v) is 22.0. The molecule has 36 heavy (non-hydrogen) atoms. The van der Waals surface area contributed by atoms with Gasteiger partial charge in [0.1, 0.15) is 16.8 Å². The van der Waals surface area contributed by atoms with Gasteiger partial charge >= 0.3 is 0 Å². The first-order valence-electron chi connectivity index (χ1n) is 12.9. The first kappa shape index (κ1) is 22.6. The van der Waals surface area contributed by atoms with Crippen molar-refractivity contribution in [1.82, 2.24) is 4.57 Å². The van der Waals surface area contributed by atoms with Gasteiger partial charge in [-0.25, -0.2) is 4.57 Å². The monoisotopic (exact) mass is 473 g/mol. The van der Waals surface area contributed by atoms with Crippen LogP contribution in [0.2, 0.25) is 0 Å². The molecule has 0 aliphatic carbocycles. The largest absolute Gasteiger partial charge is 0.455 e. The lowest BCUT2D eigenvalue weighted by Gasteiger charge is -2.18. The Morgan fingerprint density at radius 3 is 2.11 bits per heavy atom. The molecule has 2 heterocycles. The molecule has 0 unspecified atom stereocenters. The summed E-state index contributed by atoms with van der Waals surface area (Å²) in [5.41, 5.74) is 10.6. The molecule has 0 radical (unpaired) electrons. The number of nitrogens with zero attached hydrogens (tertiary/aromatic N) is 2. The third-order valence-corrected chi connectivity index (χ3v) is 7.56. The summed E-state index contributed by atoms with van der Waals surface area (Å²) in [6.45, 7) is 11.4. The van der Waals surface area contributed by atoms with E-state index in [1.165, 1.54) is 33.4 Å². The first-order valence-corrected chi connectivity index (χ1v) is 12.9. The molecule has 180 valence electrons. The number of hydrogen-bond acceptors (Lipinski definition) is 1. The molecule has 0 atom stereocenters. The zero-order chi connectivity index (χ0) is 25.1. The second-order valence-corrected chi connectivity index (χ2v) is 10.5. The fourth-order valence-corrected chi connectivity index (χ4v) is 5.76. The lowest BCUT2D eigenvalue weighted by atomic mass is 9.92. The predicted octanol–water partition coefficient (Wildman–Crippen LogP) is 8.58. The topological polar surface area (TPSA) is 21.9 Å². The molecule has 0 saturated carbocycles.